The van der Waals surface area contributed by atoms with Gasteiger partial charge in [-0.1, -0.05) is 36.4 Å². The molecule has 2 nitrogen and oxygen atoms in total. The first-order chi connectivity index (χ1) is 8.22. The molecule has 2 N–H and O–H groups in total. The molecule has 0 spiro atoms. The number of rotatable bonds is 3. The summed E-state index contributed by atoms with van der Waals surface area (Å²) in [6, 6.07) is 16.0. The van der Waals surface area contributed by atoms with Gasteiger partial charge < -0.3 is 10.5 Å². The maximum absolute atomic E-state index is 6.29. The van der Waals surface area contributed by atoms with E-state index in [1.165, 1.54) is 5.56 Å². The average molecular weight is 227 g/mol. The van der Waals surface area contributed by atoms with Crippen LogP contribution < -0.4 is 10.5 Å². The molecule has 1 atom stereocenters. The van der Waals surface area contributed by atoms with Crippen LogP contribution in [-0.2, 0) is 0 Å². The number of aryl methyl sites for hydroxylation is 1. The molecule has 0 aromatic heterocycles. The van der Waals surface area contributed by atoms with Crippen LogP contribution in [-0.4, -0.2) is 7.11 Å². The predicted molar refractivity (Wildman–Crippen MR) is 70.2 cm³/mol. The van der Waals surface area contributed by atoms with Gasteiger partial charge in [0.1, 0.15) is 5.75 Å². The van der Waals surface area contributed by atoms with Crippen LogP contribution in [0.25, 0.3) is 0 Å². The Kier molecular flexibility index (Phi) is 3.45. The SMILES string of the molecule is COc1cccc(C(N)c2ccccc2C)c1. The second-order valence-electron chi connectivity index (χ2n) is 4.11. The van der Waals surface area contributed by atoms with Crippen molar-refractivity contribution in [2.24, 2.45) is 5.73 Å². The highest BCUT2D eigenvalue weighted by Gasteiger charge is 2.11. The molecule has 0 radical (unpaired) electrons. The van der Waals surface area contributed by atoms with Crippen LogP contribution in [0.1, 0.15) is 22.7 Å². The average Bonchev–Trinajstić information content (AvgIpc) is 2.38. The molecule has 2 aromatic rings. The summed E-state index contributed by atoms with van der Waals surface area (Å²) in [6.45, 7) is 2.08. The summed E-state index contributed by atoms with van der Waals surface area (Å²) in [4.78, 5) is 0. The van der Waals surface area contributed by atoms with Crippen molar-refractivity contribution < 1.29 is 4.74 Å². The third-order valence-corrected chi connectivity index (χ3v) is 2.98. The molecule has 0 heterocycles. The van der Waals surface area contributed by atoms with E-state index in [0.717, 1.165) is 16.9 Å². The maximum atomic E-state index is 6.29. The molecule has 88 valence electrons. The van der Waals surface area contributed by atoms with Gasteiger partial charge in [-0.2, -0.15) is 0 Å². The highest BCUT2D eigenvalue weighted by molar-refractivity contribution is 5.39. The van der Waals surface area contributed by atoms with Gasteiger partial charge in [0.05, 0.1) is 13.2 Å². The highest BCUT2D eigenvalue weighted by Crippen LogP contribution is 2.25. The van der Waals surface area contributed by atoms with Crippen molar-refractivity contribution in [1.29, 1.82) is 0 Å². The zero-order valence-corrected chi connectivity index (χ0v) is 10.2. The number of benzene rings is 2. The summed E-state index contributed by atoms with van der Waals surface area (Å²) >= 11 is 0. The minimum atomic E-state index is -0.105. The Hall–Kier alpha value is -1.80. The summed E-state index contributed by atoms with van der Waals surface area (Å²) in [6.07, 6.45) is 0. The monoisotopic (exact) mass is 227 g/mol. The molecule has 0 bridgehead atoms. The number of nitrogens with two attached hydrogens (primary N) is 1. The molecular weight excluding hydrogens is 210 g/mol. The van der Waals surface area contributed by atoms with Crippen LogP contribution in [0.2, 0.25) is 0 Å². The Bertz CT molecular complexity index is 508. The Labute approximate surface area is 102 Å². The van der Waals surface area contributed by atoms with Crippen molar-refractivity contribution in [3.05, 3.63) is 65.2 Å². The molecule has 2 rings (SSSR count). The summed E-state index contributed by atoms with van der Waals surface area (Å²) in [5.74, 6) is 0.839. The minimum absolute atomic E-state index is 0.105. The fourth-order valence-electron chi connectivity index (χ4n) is 1.95. The lowest BCUT2D eigenvalue weighted by atomic mass is 9.96. The fraction of sp³-hybridized carbons (Fsp3) is 0.200. The van der Waals surface area contributed by atoms with Crippen molar-refractivity contribution in [3.63, 3.8) is 0 Å². The first kappa shape index (κ1) is 11.7. The molecule has 17 heavy (non-hydrogen) atoms. The van der Waals surface area contributed by atoms with Crippen molar-refractivity contribution in [1.82, 2.24) is 0 Å². The van der Waals surface area contributed by atoms with Crippen LogP contribution in [0.15, 0.2) is 48.5 Å². The molecular formula is C15H17NO. The molecule has 0 amide bonds. The Morgan fingerprint density at radius 2 is 1.82 bits per heavy atom. The van der Waals surface area contributed by atoms with E-state index in [4.69, 9.17) is 10.5 Å². The van der Waals surface area contributed by atoms with E-state index in [1.54, 1.807) is 7.11 Å². The quantitative estimate of drug-likeness (QED) is 0.874. The summed E-state index contributed by atoms with van der Waals surface area (Å²) in [5, 5.41) is 0. The fourth-order valence-corrected chi connectivity index (χ4v) is 1.95. The maximum Gasteiger partial charge on any atom is 0.119 e. The second kappa shape index (κ2) is 5.02. The van der Waals surface area contributed by atoms with Crippen molar-refractivity contribution in [2.45, 2.75) is 13.0 Å². The molecule has 0 aliphatic heterocycles. The standard InChI is InChI=1S/C15H17NO/c1-11-6-3-4-9-14(11)15(16)12-7-5-8-13(10-12)17-2/h3-10,15H,16H2,1-2H3. The second-order valence-corrected chi connectivity index (χ2v) is 4.11. The van der Waals surface area contributed by atoms with Crippen LogP contribution in [0.5, 0.6) is 5.75 Å². The van der Waals surface area contributed by atoms with E-state index in [-0.39, 0.29) is 6.04 Å². The van der Waals surface area contributed by atoms with Crippen LogP contribution in [0.4, 0.5) is 0 Å². The van der Waals surface area contributed by atoms with Gasteiger partial charge in [0, 0.05) is 0 Å². The van der Waals surface area contributed by atoms with E-state index < -0.39 is 0 Å². The van der Waals surface area contributed by atoms with Crippen LogP contribution in [0, 0.1) is 6.92 Å². The summed E-state index contributed by atoms with van der Waals surface area (Å²) < 4.78 is 5.22. The molecule has 2 heteroatoms. The number of methoxy groups -OCH3 is 1. The van der Waals surface area contributed by atoms with Gasteiger partial charge in [0.2, 0.25) is 0 Å². The molecule has 1 unspecified atom stereocenters. The smallest absolute Gasteiger partial charge is 0.119 e. The van der Waals surface area contributed by atoms with E-state index in [9.17, 15) is 0 Å². The molecule has 0 aliphatic rings. The van der Waals surface area contributed by atoms with Gasteiger partial charge in [-0.05, 0) is 35.7 Å². The molecule has 2 aromatic carbocycles. The summed E-state index contributed by atoms with van der Waals surface area (Å²) in [5.41, 5.74) is 9.72. The minimum Gasteiger partial charge on any atom is -0.497 e. The van der Waals surface area contributed by atoms with Crippen molar-refractivity contribution in [3.8, 4) is 5.75 Å². The van der Waals surface area contributed by atoms with E-state index in [2.05, 4.69) is 19.1 Å². The van der Waals surface area contributed by atoms with E-state index in [1.807, 2.05) is 36.4 Å². The molecule has 0 aliphatic carbocycles. The lowest BCUT2D eigenvalue weighted by Gasteiger charge is -2.15. The zero-order chi connectivity index (χ0) is 12.3. The molecule has 0 saturated heterocycles. The third-order valence-electron chi connectivity index (χ3n) is 2.98. The van der Waals surface area contributed by atoms with Crippen LogP contribution in [0.3, 0.4) is 0 Å². The number of hydrogen-bond acceptors (Lipinski definition) is 2. The number of ether oxygens (including phenoxy) is 1. The van der Waals surface area contributed by atoms with Gasteiger partial charge in [-0.3, -0.25) is 0 Å². The van der Waals surface area contributed by atoms with Gasteiger partial charge >= 0.3 is 0 Å². The van der Waals surface area contributed by atoms with Crippen LogP contribution >= 0.6 is 0 Å². The Morgan fingerprint density at radius 3 is 2.53 bits per heavy atom. The summed E-state index contributed by atoms with van der Waals surface area (Å²) in [7, 11) is 1.67. The van der Waals surface area contributed by atoms with Gasteiger partial charge in [-0.15, -0.1) is 0 Å². The first-order valence-corrected chi connectivity index (χ1v) is 5.67. The van der Waals surface area contributed by atoms with Gasteiger partial charge in [-0.25, -0.2) is 0 Å². The normalized spacial score (nSPS) is 12.2. The highest BCUT2D eigenvalue weighted by atomic mass is 16.5. The van der Waals surface area contributed by atoms with Gasteiger partial charge in [0.25, 0.3) is 0 Å². The van der Waals surface area contributed by atoms with Gasteiger partial charge in [0.15, 0.2) is 0 Å². The first-order valence-electron chi connectivity index (χ1n) is 5.67. The largest absolute Gasteiger partial charge is 0.497 e. The number of hydrogen-bond donors (Lipinski definition) is 1. The Balaban J connectivity index is 2.37. The van der Waals surface area contributed by atoms with Crippen molar-refractivity contribution in [2.75, 3.05) is 7.11 Å². The lowest BCUT2D eigenvalue weighted by molar-refractivity contribution is 0.414. The molecule has 0 saturated carbocycles. The van der Waals surface area contributed by atoms with E-state index >= 15 is 0 Å². The lowest BCUT2D eigenvalue weighted by Crippen LogP contribution is -2.13. The van der Waals surface area contributed by atoms with Crippen molar-refractivity contribution >= 4 is 0 Å². The zero-order valence-electron chi connectivity index (χ0n) is 10.2. The Morgan fingerprint density at radius 1 is 1.06 bits per heavy atom. The molecule has 0 fully saturated rings. The third kappa shape index (κ3) is 2.48. The topological polar surface area (TPSA) is 35.2 Å². The predicted octanol–water partition coefficient (Wildman–Crippen LogP) is 3.05. The van der Waals surface area contributed by atoms with E-state index in [0.29, 0.717) is 0 Å².